The fourth-order valence-electron chi connectivity index (χ4n) is 6.24. The molecule has 9 heteroatoms. The molecular formula is C39H43N3O6. The number of amides is 2. The van der Waals surface area contributed by atoms with E-state index in [1.807, 2.05) is 123 Å². The largest absolute Gasteiger partial charge is 0.481 e. The van der Waals surface area contributed by atoms with Gasteiger partial charge in [0, 0.05) is 32.2 Å². The third-order valence-electron chi connectivity index (χ3n) is 8.62. The Morgan fingerprint density at radius 3 is 1.33 bits per heavy atom. The van der Waals surface area contributed by atoms with Crippen LogP contribution < -0.4 is 15.2 Å². The van der Waals surface area contributed by atoms with Gasteiger partial charge >= 0.3 is 5.97 Å². The zero-order chi connectivity index (χ0) is 34.0. The maximum Gasteiger partial charge on any atom is 0.308 e. The molecule has 4 atom stereocenters. The molecule has 4 aromatic carbocycles. The van der Waals surface area contributed by atoms with E-state index in [-0.39, 0.29) is 18.4 Å². The maximum absolute atomic E-state index is 14.1. The maximum atomic E-state index is 14.1. The molecule has 3 N–H and O–H groups in total. The minimum absolute atomic E-state index is 0.271. The van der Waals surface area contributed by atoms with Crippen molar-refractivity contribution in [1.82, 2.24) is 9.80 Å². The van der Waals surface area contributed by atoms with E-state index in [1.54, 1.807) is 9.80 Å². The standard InChI is InChI=1S/C39H43N3O6/c1-3-23-41(25-27-15-19-31(20-16-27)47-29-11-7-5-8-12-29)37(43)33-34(36(40)35(33)39(45)46)38(44)42(24-4-2)26-28-17-21-32(22-18-28)48-30-13-9-6-10-14-30/h5-22,33-36H,3-4,23-26,40H2,1-2H3,(H,45,46). The van der Waals surface area contributed by atoms with Crippen molar-refractivity contribution in [1.29, 1.82) is 0 Å². The summed E-state index contributed by atoms with van der Waals surface area (Å²) >= 11 is 0. The van der Waals surface area contributed by atoms with Crippen molar-refractivity contribution in [2.75, 3.05) is 13.1 Å². The average molecular weight is 650 g/mol. The van der Waals surface area contributed by atoms with Gasteiger partial charge in [0.1, 0.15) is 23.0 Å². The molecule has 4 aromatic rings. The highest BCUT2D eigenvalue weighted by Gasteiger charge is 2.60. The van der Waals surface area contributed by atoms with Crippen LogP contribution in [-0.2, 0) is 27.5 Å². The number of rotatable bonds is 15. The van der Waals surface area contributed by atoms with Gasteiger partial charge in [-0.05, 0) is 72.5 Å². The first kappa shape index (κ1) is 34.2. The molecule has 9 nitrogen and oxygen atoms in total. The highest BCUT2D eigenvalue weighted by molar-refractivity contribution is 5.95. The zero-order valence-electron chi connectivity index (χ0n) is 27.4. The van der Waals surface area contributed by atoms with Crippen LogP contribution in [0.2, 0.25) is 0 Å². The number of nitrogens with two attached hydrogens (primary N) is 1. The molecule has 0 saturated heterocycles. The number of ether oxygens (including phenoxy) is 2. The Morgan fingerprint density at radius 1 is 0.583 bits per heavy atom. The van der Waals surface area contributed by atoms with E-state index in [4.69, 9.17) is 15.2 Å². The van der Waals surface area contributed by atoms with Crippen LogP contribution in [0.4, 0.5) is 0 Å². The Bertz CT molecular complexity index is 1650. The smallest absolute Gasteiger partial charge is 0.308 e. The minimum Gasteiger partial charge on any atom is -0.481 e. The van der Waals surface area contributed by atoms with Gasteiger partial charge in [0.25, 0.3) is 0 Å². The SMILES string of the molecule is CCCN(Cc1ccc(Oc2ccccc2)cc1)C(=O)C1C(N)C(C(=O)O)C1C(=O)N(CCC)Cc1ccc(Oc2ccccc2)cc1. The normalized spacial score (nSPS) is 18.3. The molecule has 48 heavy (non-hydrogen) atoms. The minimum atomic E-state index is -1.17. The molecule has 4 unspecified atom stereocenters. The van der Waals surface area contributed by atoms with Crippen molar-refractivity contribution in [2.24, 2.45) is 23.5 Å². The first-order valence-electron chi connectivity index (χ1n) is 16.5. The Hall–Kier alpha value is -5.15. The van der Waals surface area contributed by atoms with Crippen molar-refractivity contribution in [2.45, 2.75) is 45.8 Å². The number of hydrogen-bond donors (Lipinski definition) is 2. The van der Waals surface area contributed by atoms with Crippen molar-refractivity contribution in [3.63, 3.8) is 0 Å². The molecule has 1 aliphatic carbocycles. The molecule has 1 fully saturated rings. The second kappa shape index (κ2) is 16.1. The van der Waals surface area contributed by atoms with Gasteiger partial charge in [-0.1, -0.05) is 74.5 Å². The van der Waals surface area contributed by atoms with Gasteiger partial charge in [0.2, 0.25) is 11.8 Å². The van der Waals surface area contributed by atoms with Crippen molar-refractivity contribution in [3.8, 4) is 23.0 Å². The van der Waals surface area contributed by atoms with E-state index in [9.17, 15) is 19.5 Å². The summed E-state index contributed by atoms with van der Waals surface area (Å²) in [6.45, 7) is 5.36. The van der Waals surface area contributed by atoms with Gasteiger partial charge in [-0.25, -0.2) is 0 Å². The van der Waals surface area contributed by atoms with Gasteiger partial charge < -0.3 is 30.1 Å². The predicted molar refractivity (Wildman–Crippen MR) is 183 cm³/mol. The van der Waals surface area contributed by atoms with Crippen LogP contribution in [0.1, 0.15) is 37.8 Å². The van der Waals surface area contributed by atoms with Crippen LogP contribution in [0.5, 0.6) is 23.0 Å². The third kappa shape index (κ3) is 8.22. The number of benzene rings is 4. The molecule has 0 aliphatic heterocycles. The number of hydrogen-bond acceptors (Lipinski definition) is 6. The van der Waals surface area contributed by atoms with Crippen LogP contribution in [0.3, 0.4) is 0 Å². The summed E-state index contributed by atoms with van der Waals surface area (Å²) in [6, 6.07) is 32.9. The number of nitrogens with zero attached hydrogens (tertiary/aromatic N) is 2. The topological polar surface area (TPSA) is 122 Å². The van der Waals surface area contributed by atoms with Crippen LogP contribution >= 0.6 is 0 Å². The van der Waals surface area contributed by atoms with Gasteiger partial charge in [-0.15, -0.1) is 0 Å². The second-order valence-corrected chi connectivity index (χ2v) is 12.1. The molecule has 0 spiro atoms. The molecule has 1 saturated carbocycles. The summed E-state index contributed by atoms with van der Waals surface area (Å²) in [5.41, 5.74) is 8.14. The molecular weight excluding hydrogens is 606 g/mol. The molecule has 0 bridgehead atoms. The summed E-state index contributed by atoms with van der Waals surface area (Å²) in [5.74, 6) is -2.21. The zero-order valence-corrected chi connectivity index (χ0v) is 27.4. The van der Waals surface area contributed by atoms with Crippen LogP contribution in [0, 0.1) is 17.8 Å². The monoisotopic (exact) mass is 649 g/mol. The molecule has 1 aliphatic rings. The first-order chi connectivity index (χ1) is 23.3. The number of carboxylic acids is 1. The molecule has 0 aromatic heterocycles. The van der Waals surface area contributed by atoms with Crippen LogP contribution in [0.25, 0.3) is 0 Å². The second-order valence-electron chi connectivity index (χ2n) is 12.1. The number of carbonyl (C=O) groups is 3. The highest BCUT2D eigenvalue weighted by Crippen LogP contribution is 2.43. The van der Waals surface area contributed by atoms with E-state index in [1.165, 1.54) is 0 Å². The van der Waals surface area contributed by atoms with Gasteiger partial charge in [-0.2, -0.15) is 0 Å². The summed E-state index contributed by atoms with van der Waals surface area (Å²) in [6.07, 6.45) is 1.36. The lowest BCUT2D eigenvalue weighted by atomic mass is 9.59. The number of para-hydroxylation sites is 2. The summed E-state index contributed by atoms with van der Waals surface area (Å²) in [5, 5.41) is 10.1. The van der Waals surface area contributed by atoms with Gasteiger partial charge in [0.15, 0.2) is 0 Å². The van der Waals surface area contributed by atoms with Crippen LogP contribution in [0.15, 0.2) is 109 Å². The summed E-state index contributed by atoms with van der Waals surface area (Å²) in [4.78, 5) is 43.9. The Kier molecular flexibility index (Phi) is 11.5. The van der Waals surface area contributed by atoms with Crippen LogP contribution in [-0.4, -0.2) is 51.8 Å². The Labute approximate surface area is 281 Å². The summed E-state index contributed by atoms with van der Waals surface area (Å²) < 4.78 is 11.8. The average Bonchev–Trinajstić information content (AvgIpc) is 3.09. The lowest BCUT2D eigenvalue weighted by molar-refractivity contribution is -0.171. The summed E-state index contributed by atoms with van der Waals surface area (Å²) in [7, 11) is 0. The fourth-order valence-corrected chi connectivity index (χ4v) is 6.24. The van der Waals surface area contributed by atoms with E-state index in [2.05, 4.69) is 0 Å². The molecule has 250 valence electrons. The Morgan fingerprint density at radius 2 is 0.958 bits per heavy atom. The molecule has 0 heterocycles. The quantitative estimate of drug-likeness (QED) is 0.147. The first-order valence-corrected chi connectivity index (χ1v) is 16.5. The van der Waals surface area contributed by atoms with Crippen molar-refractivity contribution < 1.29 is 29.0 Å². The number of carboxylic acid groups (broad SMARTS) is 1. The van der Waals surface area contributed by atoms with E-state index < -0.39 is 29.8 Å². The van der Waals surface area contributed by atoms with Gasteiger partial charge in [0.05, 0.1) is 17.8 Å². The molecule has 2 amide bonds. The highest BCUT2D eigenvalue weighted by atomic mass is 16.5. The molecule has 0 radical (unpaired) electrons. The lowest BCUT2D eigenvalue weighted by Gasteiger charge is -2.48. The van der Waals surface area contributed by atoms with Crippen molar-refractivity contribution >= 4 is 17.8 Å². The third-order valence-corrected chi connectivity index (χ3v) is 8.62. The van der Waals surface area contributed by atoms with Gasteiger partial charge in [-0.3, -0.25) is 14.4 Å². The fraction of sp³-hybridized carbons (Fsp3) is 0.308. The predicted octanol–water partition coefficient (Wildman–Crippen LogP) is 6.72. The van der Waals surface area contributed by atoms with Crippen molar-refractivity contribution in [3.05, 3.63) is 120 Å². The van der Waals surface area contributed by atoms with E-state index >= 15 is 0 Å². The Balaban J connectivity index is 1.30. The lowest BCUT2D eigenvalue weighted by Crippen LogP contribution is -2.68. The molecule has 5 rings (SSSR count). The van der Waals surface area contributed by atoms with E-state index in [0.717, 1.165) is 22.6 Å². The number of carbonyl (C=O) groups excluding carboxylic acids is 2. The number of aliphatic carboxylic acids is 1. The van der Waals surface area contributed by atoms with E-state index in [0.29, 0.717) is 44.0 Å².